The van der Waals surface area contributed by atoms with Gasteiger partial charge in [-0.15, -0.1) is 0 Å². The third-order valence-corrected chi connectivity index (χ3v) is 3.47. The van der Waals surface area contributed by atoms with E-state index in [-0.39, 0.29) is 23.7 Å². The smallest absolute Gasteiger partial charge is 0.223 e. The van der Waals surface area contributed by atoms with Gasteiger partial charge < -0.3 is 4.90 Å². The van der Waals surface area contributed by atoms with Crippen LogP contribution in [0.25, 0.3) is 0 Å². The van der Waals surface area contributed by atoms with Crippen molar-refractivity contribution < 1.29 is 9.59 Å². The van der Waals surface area contributed by atoms with Crippen LogP contribution in [-0.2, 0) is 4.79 Å². The van der Waals surface area contributed by atoms with E-state index >= 15 is 0 Å². The number of rotatable bonds is 0. The van der Waals surface area contributed by atoms with E-state index in [4.69, 9.17) is 0 Å². The fraction of sp³-hybridized carbons (Fsp3) is 0.333. The number of Topliss-reactive ketones (excluding diaryl/α,β-unsaturated/α-hetero) is 1. The number of benzene rings is 1. The fourth-order valence-electron chi connectivity index (χ4n) is 2.71. The lowest BCUT2D eigenvalue weighted by Gasteiger charge is -2.18. The van der Waals surface area contributed by atoms with Gasteiger partial charge in [-0.05, 0) is 5.56 Å². The van der Waals surface area contributed by atoms with E-state index in [0.717, 1.165) is 11.1 Å². The molecule has 1 saturated heterocycles. The minimum Gasteiger partial charge on any atom is -0.338 e. The number of amides is 1. The molecule has 1 aromatic rings. The molecule has 0 unspecified atom stereocenters. The first-order valence-electron chi connectivity index (χ1n) is 5.09. The third-order valence-electron chi connectivity index (χ3n) is 3.47. The van der Waals surface area contributed by atoms with Crippen molar-refractivity contribution in [3.05, 3.63) is 35.4 Å². The van der Waals surface area contributed by atoms with Crippen molar-refractivity contribution in [3.63, 3.8) is 0 Å². The average molecular weight is 201 g/mol. The molecule has 0 aromatic heterocycles. The van der Waals surface area contributed by atoms with E-state index in [1.165, 1.54) is 0 Å². The van der Waals surface area contributed by atoms with Crippen molar-refractivity contribution in [1.29, 1.82) is 0 Å². The van der Waals surface area contributed by atoms with Crippen LogP contribution in [0, 0.1) is 5.92 Å². The maximum absolute atomic E-state index is 12.0. The maximum atomic E-state index is 12.0. The normalized spacial score (nSPS) is 28.2. The molecule has 2 aliphatic rings. The Hall–Kier alpha value is -1.64. The van der Waals surface area contributed by atoms with Crippen molar-refractivity contribution in [2.24, 2.45) is 5.92 Å². The van der Waals surface area contributed by atoms with E-state index in [2.05, 4.69) is 0 Å². The van der Waals surface area contributed by atoms with Gasteiger partial charge in [0.1, 0.15) is 0 Å². The first kappa shape index (κ1) is 8.65. The summed E-state index contributed by atoms with van der Waals surface area (Å²) in [4.78, 5) is 25.2. The number of hydrogen-bond acceptors (Lipinski definition) is 2. The summed E-state index contributed by atoms with van der Waals surface area (Å²) in [6, 6.07) is 7.59. The van der Waals surface area contributed by atoms with Crippen molar-refractivity contribution in [2.45, 2.75) is 12.5 Å². The largest absolute Gasteiger partial charge is 0.338 e. The Balaban J connectivity index is 2.18. The van der Waals surface area contributed by atoms with Gasteiger partial charge in [0.25, 0.3) is 0 Å². The SMILES string of the molecule is CN1C(=O)C[C@@H]2C(=O)c3ccccc3[C@H]21. The van der Waals surface area contributed by atoms with Gasteiger partial charge >= 0.3 is 0 Å². The summed E-state index contributed by atoms with van der Waals surface area (Å²) in [6.07, 6.45) is 0.370. The van der Waals surface area contributed by atoms with E-state index in [1.807, 2.05) is 24.3 Å². The highest BCUT2D eigenvalue weighted by Gasteiger charge is 2.48. The lowest BCUT2D eigenvalue weighted by Crippen LogP contribution is -2.22. The minimum absolute atomic E-state index is 0.0128. The zero-order chi connectivity index (χ0) is 10.6. The number of carbonyl (C=O) groups is 2. The second-order valence-corrected chi connectivity index (χ2v) is 4.21. The highest BCUT2D eigenvalue weighted by molar-refractivity contribution is 6.06. The van der Waals surface area contributed by atoms with Crippen LogP contribution in [0.15, 0.2) is 24.3 Å². The lowest BCUT2D eigenvalue weighted by atomic mass is 10.0. The second kappa shape index (κ2) is 2.69. The summed E-state index contributed by atoms with van der Waals surface area (Å²) in [5, 5.41) is 0. The highest BCUT2D eigenvalue weighted by Crippen LogP contribution is 2.45. The molecule has 0 spiro atoms. The first-order valence-corrected chi connectivity index (χ1v) is 5.09. The van der Waals surface area contributed by atoms with Gasteiger partial charge in [0.2, 0.25) is 5.91 Å². The zero-order valence-corrected chi connectivity index (χ0v) is 8.43. The summed E-state index contributed by atoms with van der Waals surface area (Å²) in [7, 11) is 1.78. The second-order valence-electron chi connectivity index (χ2n) is 4.21. The summed E-state index contributed by atoms with van der Waals surface area (Å²) >= 11 is 0. The molecule has 3 nitrogen and oxygen atoms in total. The Morgan fingerprint density at radius 1 is 1.27 bits per heavy atom. The molecule has 3 rings (SSSR count). The monoisotopic (exact) mass is 201 g/mol. The van der Waals surface area contributed by atoms with Crippen LogP contribution in [0.4, 0.5) is 0 Å². The number of ketones is 1. The molecule has 1 aromatic carbocycles. The van der Waals surface area contributed by atoms with Crippen LogP contribution in [0.3, 0.4) is 0 Å². The summed E-state index contributed by atoms with van der Waals surface area (Å²) < 4.78 is 0. The molecular formula is C12H11NO2. The van der Waals surface area contributed by atoms with Gasteiger partial charge in [-0.2, -0.15) is 0 Å². The average Bonchev–Trinajstić information content (AvgIpc) is 2.68. The standard InChI is InChI=1S/C12H11NO2/c1-13-10(14)6-9-11(13)7-4-2-3-5-8(7)12(9)15/h2-5,9,11H,6H2,1H3/t9-,11+/m0/s1. The first-order chi connectivity index (χ1) is 7.20. The van der Waals surface area contributed by atoms with Crippen LogP contribution >= 0.6 is 0 Å². The van der Waals surface area contributed by atoms with Gasteiger partial charge in [-0.25, -0.2) is 0 Å². The number of hydrogen-bond donors (Lipinski definition) is 0. The molecule has 1 amide bonds. The molecule has 1 heterocycles. The van der Waals surface area contributed by atoms with E-state index < -0.39 is 0 Å². The predicted octanol–water partition coefficient (Wildman–Crippen LogP) is 1.40. The molecule has 0 radical (unpaired) electrons. The molecule has 1 aliphatic carbocycles. The van der Waals surface area contributed by atoms with Crippen LogP contribution in [0.5, 0.6) is 0 Å². The zero-order valence-electron chi connectivity index (χ0n) is 8.43. The number of fused-ring (bicyclic) bond motifs is 3. The van der Waals surface area contributed by atoms with E-state index in [9.17, 15) is 9.59 Å². The Kier molecular flexibility index (Phi) is 1.55. The molecule has 3 heteroatoms. The third kappa shape index (κ3) is 0.950. The van der Waals surface area contributed by atoms with Crippen LogP contribution in [-0.4, -0.2) is 23.6 Å². The fourth-order valence-corrected chi connectivity index (χ4v) is 2.71. The van der Waals surface area contributed by atoms with Gasteiger partial charge in [0, 0.05) is 19.0 Å². The molecule has 0 saturated carbocycles. The van der Waals surface area contributed by atoms with E-state index in [1.54, 1.807) is 11.9 Å². The van der Waals surface area contributed by atoms with Crippen LogP contribution < -0.4 is 0 Å². The molecule has 2 atom stereocenters. The van der Waals surface area contributed by atoms with Gasteiger partial charge in [-0.1, -0.05) is 24.3 Å². The van der Waals surface area contributed by atoms with Gasteiger partial charge in [0.05, 0.1) is 12.0 Å². The number of nitrogens with zero attached hydrogens (tertiary/aromatic N) is 1. The van der Waals surface area contributed by atoms with Crippen molar-refractivity contribution in [2.75, 3.05) is 7.05 Å². The summed E-state index contributed by atoms with van der Waals surface area (Å²) in [5.74, 6) is 0.0704. The topological polar surface area (TPSA) is 37.4 Å². The summed E-state index contributed by atoms with van der Waals surface area (Å²) in [5.41, 5.74) is 1.81. The lowest BCUT2D eigenvalue weighted by molar-refractivity contribution is -0.127. The molecule has 1 aliphatic heterocycles. The molecule has 15 heavy (non-hydrogen) atoms. The van der Waals surface area contributed by atoms with Crippen molar-refractivity contribution in [3.8, 4) is 0 Å². The molecule has 1 fully saturated rings. The number of carbonyl (C=O) groups excluding carboxylic acids is 2. The van der Waals surface area contributed by atoms with Gasteiger partial charge in [0.15, 0.2) is 5.78 Å². The van der Waals surface area contributed by atoms with Crippen LogP contribution in [0.2, 0.25) is 0 Å². The van der Waals surface area contributed by atoms with Crippen molar-refractivity contribution in [1.82, 2.24) is 4.90 Å². The highest BCUT2D eigenvalue weighted by atomic mass is 16.2. The Labute approximate surface area is 87.7 Å². The quantitative estimate of drug-likeness (QED) is 0.636. The molecule has 76 valence electrons. The summed E-state index contributed by atoms with van der Waals surface area (Å²) in [6.45, 7) is 0. The van der Waals surface area contributed by atoms with Crippen molar-refractivity contribution >= 4 is 11.7 Å². The minimum atomic E-state index is -0.139. The Morgan fingerprint density at radius 2 is 2.00 bits per heavy atom. The molecular weight excluding hydrogens is 190 g/mol. The van der Waals surface area contributed by atoms with E-state index in [0.29, 0.717) is 6.42 Å². The maximum Gasteiger partial charge on any atom is 0.223 e. The predicted molar refractivity (Wildman–Crippen MR) is 54.4 cm³/mol. The Bertz CT molecular complexity index is 466. The van der Waals surface area contributed by atoms with Gasteiger partial charge in [-0.3, -0.25) is 9.59 Å². The number of likely N-dealkylation sites (tertiary alicyclic amines) is 1. The Morgan fingerprint density at radius 3 is 2.80 bits per heavy atom. The molecule has 0 bridgehead atoms. The van der Waals surface area contributed by atoms with Crippen LogP contribution in [0.1, 0.15) is 28.4 Å². The molecule has 0 N–H and O–H groups in total.